The van der Waals surface area contributed by atoms with Crippen molar-refractivity contribution in [1.82, 2.24) is 19.9 Å². The van der Waals surface area contributed by atoms with Crippen molar-refractivity contribution in [3.8, 4) is 20.0 Å². The molecule has 39 heavy (non-hydrogen) atoms. The molecule has 0 amide bonds. The van der Waals surface area contributed by atoms with Crippen molar-refractivity contribution < 1.29 is 24.2 Å². The van der Waals surface area contributed by atoms with E-state index < -0.39 is 18.0 Å². The molecule has 14 heteroatoms. The van der Waals surface area contributed by atoms with E-state index in [1.165, 1.54) is 59.6 Å². The number of hydrogen-bond acceptors (Lipinski definition) is 13. The van der Waals surface area contributed by atoms with Gasteiger partial charge in [0.05, 0.1) is 34.9 Å². The highest BCUT2D eigenvalue weighted by molar-refractivity contribution is 9.09. The Bertz CT molecular complexity index is 1230. The molecule has 2 atom stereocenters. The number of rotatable bonds is 8. The maximum absolute atomic E-state index is 11.8. The number of aliphatic hydroxyl groups excluding tert-OH is 1. The molecular formula is C25H31BrN4O5S4. The molecule has 0 radical (unpaired) electrons. The van der Waals surface area contributed by atoms with E-state index in [2.05, 4.69) is 49.7 Å². The zero-order valence-corrected chi connectivity index (χ0v) is 26.4. The molecule has 0 aromatic carbocycles. The minimum absolute atomic E-state index is 0. The van der Waals surface area contributed by atoms with Crippen molar-refractivity contribution in [3.05, 3.63) is 44.3 Å². The lowest BCUT2D eigenvalue weighted by atomic mass is 10.1. The highest BCUT2D eigenvalue weighted by Crippen LogP contribution is 2.40. The van der Waals surface area contributed by atoms with Crippen LogP contribution in [0.3, 0.4) is 0 Å². The fourth-order valence-corrected chi connectivity index (χ4v) is 7.26. The first-order chi connectivity index (χ1) is 18.1. The van der Waals surface area contributed by atoms with Gasteiger partial charge < -0.3 is 14.6 Å². The number of nitrogens with zero attached hydrogens (tertiary/aromatic N) is 4. The van der Waals surface area contributed by atoms with Gasteiger partial charge in [-0.2, -0.15) is 0 Å². The molecule has 4 rings (SSSR count). The van der Waals surface area contributed by atoms with Crippen LogP contribution < -0.4 is 0 Å². The number of halogens is 1. The van der Waals surface area contributed by atoms with E-state index in [0.717, 1.165) is 19.9 Å². The van der Waals surface area contributed by atoms with Crippen molar-refractivity contribution in [2.75, 3.05) is 14.2 Å². The molecule has 0 aliphatic heterocycles. The van der Waals surface area contributed by atoms with E-state index in [1.807, 2.05) is 24.6 Å². The van der Waals surface area contributed by atoms with Crippen molar-refractivity contribution in [2.45, 2.75) is 46.1 Å². The molecule has 4 aromatic rings. The normalized spacial score (nSPS) is 12.4. The average molecular weight is 676 g/mol. The summed E-state index contributed by atoms with van der Waals surface area (Å²) in [5.41, 5.74) is 0.562. The van der Waals surface area contributed by atoms with E-state index in [9.17, 15) is 14.7 Å². The van der Waals surface area contributed by atoms with Gasteiger partial charge in [0.2, 0.25) is 0 Å². The molecule has 4 heterocycles. The van der Waals surface area contributed by atoms with Gasteiger partial charge in [-0.25, -0.2) is 29.5 Å². The summed E-state index contributed by atoms with van der Waals surface area (Å²) in [7, 11) is 2.67. The molecule has 2 unspecified atom stereocenters. The van der Waals surface area contributed by atoms with Crippen LogP contribution in [0.25, 0.3) is 20.0 Å². The molecular weight excluding hydrogens is 644 g/mol. The largest absolute Gasteiger partial charge is 0.464 e. The number of alkyl halides is 1. The Kier molecular flexibility index (Phi) is 12.8. The molecule has 0 bridgehead atoms. The Morgan fingerprint density at radius 2 is 1.23 bits per heavy atom. The van der Waals surface area contributed by atoms with Crippen LogP contribution in [0.15, 0.2) is 23.2 Å². The topological polar surface area (TPSA) is 124 Å². The first kappa shape index (κ1) is 33.1. The van der Waals surface area contributed by atoms with Crippen LogP contribution in [-0.4, -0.2) is 51.2 Å². The molecule has 0 fully saturated rings. The molecule has 212 valence electrons. The first-order valence-electron chi connectivity index (χ1n) is 11.4. The number of aromatic nitrogens is 4. The fourth-order valence-electron chi connectivity index (χ4n) is 2.98. The standard InChI is InChI=1S/C12H13BrN2O2S2.C12H14N2O3S2.CH4/c1-6(2)7(13)9-8(12(16)17-3)15-11(19-9)10-14-4-5-18-10;1-6(2)8(15)9-7(12(16)17-3)14-11(19-9)10-13-4-5-18-10;/h4-7H,1-3H3;4-6,8,15H,1-3H3;1H4. The Morgan fingerprint density at radius 3 is 1.59 bits per heavy atom. The zero-order chi connectivity index (χ0) is 28.0. The van der Waals surface area contributed by atoms with Gasteiger partial charge in [-0.05, 0) is 11.8 Å². The Labute approximate surface area is 252 Å². The van der Waals surface area contributed by atoms with Gasteiger partial charge in [-0.15, -0.1) is 45.3 Å². The molecule has 9 nitrogen and oxygen atoms in total. The van der Waals surface area contributed by atoms with Crippen molar-refractivity contribution in [1.29, 1.82) is 0 Å². The minimum Gasteiger partial charge on any atom is -0.464 e. The van der Waals surface area contributed by atoms with Crippen LogP contribution in [0.1, 0.15) is 76.8 Å². The Balaban J connectivity index is 0.000000267. The third-order valence-corrected chi connectivity index (χ3v) is 10.9. The second-order valence-corrected chi connectivity index (χ2v) is 13.3. The van der Waals surface area contributed by atoms with Crippen LogP contribution in [0.5, 0.6) is 0 Å². The second-order valence-electron chi connectivity index (χ2n) is 8.46. The number of esters is 2. The summed E-state index contributed by atoms with van der Waals surface area (Å²) in [5, 5.41) is 16.9. The summed E-state index contributed by atoms with van der Waals surface area (Å²) in [6.45, 7) is 7.94. The van der Waals surface area contributed by atoms with Gasteiger partial charge in [-0.3, -0.25) is 0 Å². The van der Waals surface area contributed by atoms with E-state index in [-0.39, 0.29) is 23.9 Å². The molecule has 0 aliphatic carbocycles. The second kappa shape index (κ2) is 15.1. The van der Waals surface area contributed by atoms with E-state index >= 15 is 0 Å². The van der Waals surface area contributed by atoms with Gasteiger partial charge in [0.15, 0.2) is 31.4 Å². The maximum atomic E-state index is 11.8. The molecule has 0 aliphatic rings. The molecule has 0 saturated carbocycles. The monoisotopic (exact) mass is 674 g/mol. The number of ether oxygens (including phenoxy) is 2. The number of thiazole rings is 4. The maximum Gasteiger partial charge on any atom is 0.357 e. The van der Waals surface area contributed by atoms with Gasteiger partial charge in [0, 0.05) is 23.2 Å². The van der Waals surface area contributed by atoms with Gasteiger partial charge in [-0.1, -0.05) is 51.1 Å². The lowest BCUT2D eigenvalue weighted by Gasteiger charge is -2.12. The lowest BCUT2D eigenvalue weighted by molar-refractivity contribution is 0.0578. The summed E-state index contributed by atoms with van der Waals surface area (Å²) < 4.78 is 9.52. The van der Waals surface area contributed by atoms with Crippen LogP contribution in [0.4, 0.5) is 0 Å². The van der Waals surface area contributed by atoms with Crippen molar-refractivity contribution >= 4 is 73.2 Å². The van der Waals surface area contributed by atoms with E-state index in [4.69, 9.17) is 9.47 Å². The highest BCUT2D eigenvalue weighted by Gasteiger charge is 2.28. The number of methoxy groups -OCH3 is 2. The first-order valence-corrected chi connectivity index (χ1v) is 15.7. The van der Waals surface area contributed by atoms with Crippen molar-refractivity contribution in [2.24, 2.45) is 11.8 Å². The minimum atomic E-state index is -0.736. The molecule has 0 spiro atoms. The SMILES string of the molecule is C.COC(=O)c1nc(-c2nccs2)sc1C(Br)C(C)C.COC(=O)c1nc(-c2nccs2)sc1C(O)C(C)C. The van der Waals surface area contributed by atoms with Crippen LogP contribution in [0, 0.1) is 11.8 Å². The predicted molar refractivity (Wildman–Crippen MR) is 162 cm³/mol. The summed E-state index contributed by atoms with van der Waals surface area (Å²) in [4.78, 5) is 42.1. The van der Waals surface area contributed by atoms with Gasteiger partial charge >= 0.3 is 11.9 Å². The van der Waals surface area contributed by atoms with E-state index in [0.29, 0.717) is 21.5 Å². The Morgan fingerprint density at radius 1 is 0.795 bits per heavy atom. The number of carbonyl (C=O) groups is 2. The lowest BCUT2D eigenvalue weighted by Crippen LogP contribution is -2.11. The van der Waals surface area contributed by atoms with E-state index in [1.54, 1.807) is 12.4 Å². The Hall–Kier alpha value is -2.10. The summed E-state index contributed by atoms with van der Waals surface area (Å²) in [6.07, 6.45) is 2.67. The summed E-state index contributed by atoms with van der Waals surface area (Å²) in [5.74, 6) is -0.589. The summed E-state index contributed by atoms with van der Waals surface area (Å²) in [6, 6.07) is 0. The third-order valence-electron chi connectivity index (χ3n) is 5.03. The van der Waals surface area contributed by atoms with Crippen LogP contribution in [-0.2, 0) is 9.47 Å². The quantitative estimate of drug-likeness (QED) is 0.149. The zero-order valence-electron chi connectivity index (χ0n) is 21.5. The van der Waals surface area contributed by atoms with Crippen LogP contribution >= 0.6 is 61.3 Å². The average Bonchev–Trinajstić information content (AvgIpc) is 3.71. The number of aliphatic hydroxyl groups is 1. The predicted octanol–water partition coefficient (Wildman–Crippen LogP) is 7.52. The van der Waals surface area contributed by atoms with Crippen molar-refractivity contribution in [3.63, 3.8) is 0 Å². The molecule has 1 N–H and O–H groups in total. The summed E-state index contributed by atoms with van der Waals surface area (Å²) >= 11 is 9.34. The highest BCUT2D eigenvalue weighted by atomic mass is 79.9. The third kappa shape index (κ3) is 7.98. The smallest absolute Gasteiger partial charge is 0.357 e. The van der Waals surface area contributed by atoms with Gasteiger partial charge in [0.1, 0.15) is 0 Å². The number of carbonyl (C=O) groups excluding carboxylic acids is 2. The fraction of sp³-hybridized carbons (Fsp3) is 0.440. The van der Waals surface area contributed by atoms with Gasteiger partial charge in [0.25, 0.3) is 0 Å². The van der Waals surface area contributed by atoms with Crippen LogP contribution in [0.2, 0.25) is 0 Å². The molecule has 4 aromatic heterocycles. The number of hydrogen-bond donors (Lipinski definition) is 1. The molecule has 0 saturated heterocycles.